The quantitative estimate of drug-likeness (QED) is 0.550. The van der Waals surface area contributed by atoms with Crippen LogP contribution in [0.15, 0.2) is 12.4 Å². The molecule has 0 N–H and O–H groups in total. The van der Waals surface area contributed by atoms with E-state index in [1.54, 1.807) is 10.9 Å². The van der Waals surface area contributed by atoms with Crippen molar-refractivity contribution in [3.63, 3.8) is 0 Å². The van der Waals surface area contributed by atoms with Gasteiger partial charge in [-0.1, -0.05) is 25.7 Å². The molecule has 0 amide bonds. The molecule has 1 aliphatic carbocycles. The second kappa shape index (κ2) is 4.60. The van der Waals surface area contributed by atoms with E-state index in [9.17, 15) is 4.79 Å². The van der Waals surface area contributed by atoms with Crippen LogP contribution >= 0.6 is 0 Å². The lowest BCUT2D eigenvalue weighted by atomic mass is 9.92. The normalized spacial score (nSPS) is 18.7. The number of carbonyl (C=O) groups excluding carboxylic acids is 1. The van der Waals surface area contributed by atoms with Gasteiger partial charge >= 0.3 is 0 Å². The van der Waals surface area contributed by atoms with E-state index in [4.69, 9.17) is 0 Å². The Morgan fingerprint density at radius 3 is 2.53 bits per heavy atom. The maximum atomic E-state index is 12.1. The Morgan fingerprint density at radius 2 is 2.00 bits per heavy atom. The molecule has 1 aliphatic rings. The van der Waals surface area contributed by atoms with Gasteiger partial charge in [0.15, 0.2) is 5.78 Å². The molecule has 3 heteroatoms. The molecular weight excluding hydrogens is 188 g/mol. The molecule has 0 radical (unpaired) electrons. The standard InChI is InChI=1S/C12H18N2O/c1-14-9-11(8-13-14)12(15)10-6-4-2-3-5-7-10/h8-10H,2-7H2,1H3. The van der Waals surface area contributed by atoms with Crippen LogP contribution in [0.4, 0.5) is 0 Å². The van der Waals surface area contributed by atoms with Gasteiger partial charge in [0.05, 0.1) is 11.8 Å². The molecule has 1 aromatic heterocycles. The Labute approximate surface area is 90.5 Å². The van der Waals surface area contributed by atoms with E-state index < -0.39 is 0 Å². The summed E-state index contributed by atoms with van der Waals surface area (Å²) in [5.41, 5.74) is 0.782. The van der Waals surface area contributed by atoms with Crippen molar-refractivity contribution in [1.82, 2.24) is 9.78 Å². The van der Waals surface area contributed by atoms with E-state index in [0.29, 0.717) is 5.78 Å². The van der Waals surface area contributed by atoms with Crippen LogP contribution in [0.3, 0.4) is 0 Å². The van der Waals surface area contributed by atoms with E-state index in [0.717, 1.165) is 18.4 Å². The van der Waals surface area contributed by atoms with Crippen molar-refractivity contribution in [2.45, 2.75) is 38.5 Å². The van der Waals surface area contributed by atoms with E-state index in [1.165, 1.54) is 25.7 Å². The predicted octanol–water partition coefficient (Wildman–Crippen LogP) is 2.57. The number of aryl methyl sites for hydroxylation is 1. The Morgan fingerprint density at radius 1 is 1.33 bits per heavy atom. The highest BCUT2D eigenvalue weighted by Gasteiger charge is 2.22. The summed E-state index contributed by atoms with van der Waals surface area (Å²) in [5.74, 6) is 0.543. The number of hydrogen-bond acceptors (Lipinski definition) is 2. The first kappa shape index (κ1) is 10.4. The first-order valence-electron chi connectivity index (χ1n) is 5.80. The summed E-state index contributed by atoms with van der Waals surface area (Å²) < 4.78 is 1.70. The van der Waals surface area contributed by atoms with Gasteiger partial charge in [-0.25, -0.2) is 0 Å². The van der Waals surface area contributed by atoms with Crippen molar-refractivity contribution in [2.75, 3.05) is 0 Å². The van der Waals surface area contributed by atoms with Crippen molar-refractivity contribution >= 4 is 5.78 Å². The summed E-state index contributed by atoms with van der Waals surface area (Å²) in [6.07, 6.45) is 10.6. The summed E-state index contributed by atoms with van der Waals surface area (Å²) in [5, 5.41) is 4.05. The molecular formula is C12H18N2O. The average molecular weight is 206 g/mol. The number of carbonyl (C=O) groups is 1. The second-order valence-corrected chi connectivity index (χ2v) is 4.46. The summed E-state index contributed by atoms with van der Waals surface area (Å²) in [6, 6.07) is 0. The highest BCUT2D eigenvalue weighted by atomic mass is 16.1. The van der Waals surface area contributed by atoms with Gasteiger partial charge in [0.1, 0.15) is 0 Å². The molecule has 0 bridgehead atoms. The van der Waals surface area contributed by atoms with E-state index in [-0.39, 0.29) is 5.92 Å². The molecule has 1 saturated carbocycles. The molecule has 2 rings (SSSR count). The van der Waals surface area contributed by atoms with Crippen LogP contribution in [-0.4, -0.2) is 15.6 Å². The van der Waals surface area contributed by atoms with Crippen molar-refractivity contribution in [2.24, 2.45) is 13.0 Å². The van der Waals surface area contributed by atoms with Gasteiger partial charge in [0, 0.05) is 19.2 Å². The van der Waals surface area contributed by atoms with Gasteiger partial charge in [0.25, 0.3) is 0 Å². The minimum atomic E-state index is 0.247. The monoisotopic (exact) mass is 206 g/mol. The molecule has 0 saturated heterocycles. The number of Topliss-reactive ketones (excluding diaryl/α,β-unsaturated/α-hetero) is 1. The minimum Gasteiger partial charge on any atom is -0.294 e. The molecule has 1 heterocycles. The van der Waals surface area contributed by atoms with Crippen LogP contribution in [0.2, 0.25) is 0 Å². The Hall–Kier alpha value is -1.12. The van der Waals surface area contributed by atoms with E-state index in [1.807, 2.05) is 13.2 Å². The average Bonchev–Trinajstić information content (AvgIpc) is 2.53. The van der Waals surface area contributed by atoms with Gasteiger partial charge < -0.3 is 0 Å². The topological polar surface area (TPSA) is 34.9 Å². The Bertz CT molecular complexity index is 335. The lowest BCUT2D eigenvalue weighted by molar-refractivity contribution is 0.0908. The fourth-order valence-electron chi connectivity index (χ4n) is 2.33. The molecule has 15 heavy (non-hydrogen) atoms. The lowest BCUT2D eigenvalue weighted by Crippen LogP contribution is -2.13. The Balaban J connectivity index is 2.06. The van der Waals surface area contributed by atoms with Crippen LogP contribution in [0.25, 0.3) is 0 Å². The number of ketones is 1. The van der Waals surface area contributed by atoms with Gasteiger partial charge in [-0.2, -0.15) is 5.10 Å². The van der Waals surface area contributed by atoms with Crippen molar-refractivity contribution in [1.29, 1.82) is 0 Å². The maximum Gasteiger partial charge on any atom is 0.169 e. The van der Waals surface area contributed by atoms with Gasteiger partial charge in [-0.3, -0.25) is 9.48 Å². The molecule has 0 unspecified atom stereocenters. The molecule has 82 valence electrons. The lowest BCUT2D eigenvalue weighted by Gasteiger charge is -2.10. The summed E-state index contributed by atoms with van der Waals surface area (Å²) in [4.78, 5) is 12.1. The van der Waals surface area contributed by atoms with Crippen molar-refractivity contribution in [3.05, 3.63) is 18.0 Å². The zero-order valence-corrected chi connectivity index (χ0v) is 9.28. The third kappa shape index (κ3) is 2.46. The van der Waals surface area contributed by atoms with E-state index >= 15 is 0 Å². The summed E-state index contributed by atoms with van der Waals surface area (Å²) >= 11 is 0. The number of nitrogens with zero attached hydrogens (tertiary/aromatic N) is 2. The predicted molar refractivity (Wildman–Crippen MR) is 58.7 cm³/mol. The second-order valence-electron chi connectivity index (χ2n) is 4.46. The largest absolute Gasteiger partial charge is 0.294 e. The third-order valence-electron chi connectivity index (χ3n) is 3.22. The first-order chi connectivity index (χ1) is 7.27. The minimum absolute atomic E-state index is 0.247. The molecule has 0 aliphatic heterocycles. The maximum absolute atomic E-state index is 12.1. The van der Waals surface area contributed by atoms with Crippen LogP contribution in [0.5, 0.6) is 0 Å². The summed E-state index contributed by atoms with van der Waals surface area (Å²) in [7, 11) is 1.85. The molecule has 0 aromatic carbocycles. The Kier molecular flexibility index (Phi) is 3.19. The van der Waals surface area contributed by atoms with Crippen molar-refractivity contribution in [3.8, 4) is 0 Å². The third-order valence-corrected chi connectivity index (χ3v) is 3.22. The highest BCUT2D eigenvalue weighted by Crippen LogP contribution is 2.25. The fourth-order valence-corrected chi connectivity index (χ4v) is 2.33. The summed E-state index contributed by atoms with van der Waals surface area (Å²) in [6.45, 7) is 0. The van der Waals surface area contributed by atoms with Gasteiger partial charge in [-0.15, -0.1) is 0 Å². The van der Waals surface area contributed by atoms with Gasteiger partial charge in [-0.05, 0) is 12.8 Å². The highest BCUT2D eigenvalue weighted by molar-refractivity contribution is 5.97. The fraction of sp³-hybridized carbons (Fsp3) is 0.667. The van der Waals surface area contributed by atoms with Crippen LogP contribution in [-0.2, 0) is 7.05 Å². The van der Waals surface area contributed by atoms with Crippen LogP contribution < -0.4 is 0 Å². The molecule has 3 nitrogen and oxygen atoms in total. The van der Waals surface area contributed by atoms with Gasteiger partial charge in [0.2, 0.25) is 0 Å². The van der Waals surface area contributed by atoms with E-state index in [2.05, 4.69) is 5.10 Å². The molecule has 1 aromatic rings. The molecule has 1 fully saturated rings. The number of aromatic nitrogens is 2. The van der Waals surface area contributed by atoms with Crippen molar-refractivity contribution < 1.29 is 4.79 Å². The smallest absolute Gasteiger partial charge is 0.169 e. The molecule has 0 atom stereocenters. The zero-order valence-electron chi connectivity index (χ0n) is 9.28. The first-order valence-corrected chi connectivity index (χ1v) is 5.80. The van der Waals surface area contributed by atoms with Crippen LogP contribution in [0, 0.1) is 5.92 Å². The molecule has 0 spiro atoms. The SMILES string of the molecule is Cn1cc(C(=O)C2CCCCCC2)cn1. The van der Waals surface area contributed by atoms with Crippen LogP contribution in [0.1, 0.15) is 48.9 Å². The zero-order chi connectivity index (χ0) is 10.7. The number of hydrogen-bond donors (Lipinski definition) is 0. The number of rotatable bonds is 2.